The maximum atomic E-state index is 11.8. The molecule has 1 saturated carbocycles. The summed E-state index contributed by atoms with van der Waals surface area (Å²) in [5.41, 5.74) is 0. The summed E-state index contributed by atoms with van der Waals surface area (Å²) in [6, 6.07) is 0.239. The van der Waals surface area contributed by atoms with Gasteiger partial charge in [0.2, 0.25) is 11.8 Å². The van der Waals surface area contributed by atoms with E-state index in [0.717, 1.165) is 25.7 Å². The number of carbonyl (C=O) groups is 2. The summed E-state index contributed by atoms with van der Waals surface area (Å²) in [6.07, 6.45) is 5.41. The molecule has 1 aliphatic rings. The highest BCUT2D eigenvalue weighted by Crippen LogP contribution is 2.23. The first-order valence-corrected chi connectivity index (χ1v) is 6.85. The standard InChI is InChI=1S/C13H25N3O2.ClH/c1-10(14-2)8-15-12(17)9-16-13(18)11-6-4-3-5-7-11;/h10-11,14H,3-9H2,1-2H3,(H,15,17)(H,16,18);1H. The van der Waals surface area contributed by atoms with E-state index in [1.807, 2.05) is 14.0 Å². The van der Waals surface area contributed by atoms with Crippen molar-refractivity contribution in [2.24, 2.45) is 5.92 Å². The van der Waals surface area contributed by atoms with Gasteiger partial charge in [-0.15, -0.1) is 12.4 Å². The number of hydrogen-bond donors (Lipinski definition) is 3. The maximum absolute atomic E-state index is 11.8. The van der Waals surface area contributed by atoms with E-state index >= 15 is 0 Å². The van der Waals surface area contributed by atoms with Crippen LogP contribution < -0.4 is 16.0 Å². The minimum atomic E-state index is -0.124. The van der Waals surface area contributed by atoms with Crippen LogP contribution in [0, 0.1) is 5.92 Å². The molecule has 19 heavy (non-hydrogen) atoms. The fraction of sp³-hybridized carbons (Fsp3) is 0.846. The Labute approximate surface area is 121 Å². The van der Waals surface area contributed by atoms with E-state index in [1.165, 1.54) is 6.42 Å². The highest BCUT2D eigenvalue weighted by molar-refractivity contribution is 5.86. The molecule has 1 aliphatic carbocycles. The van der Waals surface area contributed by atoms with Crippen LogP contribution in [0.25, 0.3) is 0 Å². The number of halogens is 1. The Morgan fingerprint density at radius 1 is 1.16 bits per heavy atom. The molecule has 0 aliphatic heterocycles. The molecule has 112 valence electrons. The fourth-order valence-electron chi connectivity index (χ4n) is 2.11. The number of carbonyl (C=O) groups excluding carboxylic acids is 2. The summed E-state index contributed by atoms with van der Waals surface area (Å²) in [4.78, 5) is 23.3. The third-order valence-corrected chi connectivity index (χ3v) is 3.50. The largest absolute Gasteiger partial charge is 0.353 e. The Morgan fingerprint density at radius 3 is 2.37 bits per heavy atom. The van der Waals surface area contributed by atoms with Gasteiger partial charge in [0.1, 0.15) is 0 Å². The number of rotatable bonds is 6. The second-order valence-corrected chi connectivity index (χ2v) is 5.05. The monoisotopic (exact) mass is 291 g/mol. The van der Waals surface area contributed by atoms with Gasteiger partial charge in [-0.2, -0.15) is 0 Å². The molecule has 0 aromatic heterocycles. The molecule has 0 bridgehead atoms. The molecule has 0 aromatic carbocycles. The molecule has 6 heteroatoms. The Bertz CT molecular complexity index is 281. The van der Waals surface area contributed by atoms with Crippen LogP contribution in [0.2, 0.25) is 0 Å². The van der Waals surface area contributed by atoms with Crippen molar-refractivity contribution in [3.05, 3.63) is 0 Å². The summed E-state index contributed by atoms with van der Waals surface area (Å²) < 4.78 is 0. The van der Waals surface area contributed by atoms with Gasteiger partial charge in [0.25, 0.3) is 0 Å². The Morgan fingerprint density at radius 2 is 1.79 bits per heavy atom. The van der Waals surface area contributed by atoms with Gasteiger partial charge >= 0.3 is 0 Å². The number of hydrogen-bond acceptors (Lipinski definition) is 3. The highest BCUT2D eigenvalue weighted by atomic mass is 35.5. The van der Waals surface area contributed by atoms with Crippen molar-refractivity contribution in [3.8, 4) is 0 Å². The van der Waals surface area contributed by atoms with E-state index in [4.69, 9.17) is 0 Å². The normalized spacial score (nSPS) is 17.2. The highest BCUT2D eigenvalue weighted by Gasteiger charge is 2.21. The number of nitrogens with one attached hydrogen (secondary N) is 3. The Hall–Kier alpha value is -0.810. The molecule has 5 nitrogen and oxygen atoms in total. The molecule has 0 spiro atoms. The molecule has 1 unspecified atom stereocenters. The topological polar surface area (TPSA) is 70.2 Å². The first-order chi connectivity index (χ1) is 8.63. The van der Waals surface area contributed by atoms with E-state index in [-0.39, 0.29) is 42.7 Å². The molecule has 1 rings (SSSR count). The summed E-state index contributed by atoms with van der Waals surface area (Å²) in [5.74, 6) is 0.0237. The van der Waals surface area contributed by atoms with Crippen molar-refractivity contribution in [2.45, 2.75) is 45.1 Å². The second-order valence-electron chi connectivity index (χ2n) is 5.05. The smallest absolute Gasteiger partial charge is 0.239 e. The first-order valence-electron chi connectivity index (χ1n) is 6.85. The molecular formula is C13H26ClN3O2. The zero-order chi connectivity index (χ0) is 13.4. The van der Waals surface area contributed by atoms with Gasteiger partial charge in [0, 0.05) is 18.5 Å². The van der Waals surface area contributed by atoms with Crippen LogP contribution in [0.4, 0.5) is 0 Å². The van der Waals surface area contributed by atoms with Gasteiger partial charge in [-0.1, -0.05) is 19.3 Å². The van der Waals surface area contributed by atoms with Crippen molar-refractivity contribution in [3.63, 3.8) is 0 Å². The lowest BCUT2D eigenvalue weighted by Crippen LogP contribution is -2.43. The van der Waals surface area contributed by atoms with Crippen molar-refractivity contribution in [2.75, 3.05) is 20.1 Å². The first kappa shape index (κ1) is 18.2. The Kier molecular flexibility index (Phi) is 9.61. The van der Waals surface area contributed by atoms with Crippen molar-refractivity contribution >= 4 is 24.2 Å². The lowest BCUT2D eigenvalue weighted by molar-refractivity contribution is -0.129. The van der Waals surface area contributed by atoms with Gasteiger partial charge < -0.3 is 16.0 Å². The third-order valence-electron chi connectivity index (χ3n) is 3.50. The quantitative estimate of drug-likeness (QED) is 0.679. The zero-order valence-electron chi connectivity index (χ0n) is 11.8. The molecule has 0 radical (unpaired) electrons. The van der Waals surface area contributed by atoms with E-state index in [1.54, 1.807) is 0 Å². The molecule has 3 N–H and O–H groups in total. The Balaban J connectivity index is 0.00000324. The number of amides is 2. The minimum absolute atomic E-state index is 0. The average Bonchev–Trinajstić information content (AvgIpc) is 2.42. The summed E-state index contributed by atoms with van der Waals surface area (Å²) in [6.45, 7) is 2.65. The molecule has 0 heterocycles. The summed E-state index contributed by atoms with van der Waals surface area (Å²) in [5, 5.41) is 8.53. The van der Waals surface area contributed by atoms with Crippen molar-refractivity contribution in [1.82, 2.24) is 16.0 Å². The molecular weight excluding hydrogens is 266 g/mol. The lowest BCUT2D eigenvalue weighted by Gasteiger charge is -2.20. The molecule has 1 fully saturated rings. The van der Waals surface area contributed by atoms with Crippen LogP contribution in [0.15, 0.2) is 0 Å². The fourth-order valence-corrected chi connectivity index (χ4v) is 2.11. The van der Waals surface area contributed by atoms with Crippen LogP contribution in [-0.4, -0.2) is 38.0 Å². The van der Waals surface area contributed by atoms with Crippen LogP contribution in [0.3, 0.4) is 0 Å². The van der Waals surface area contributed by atoms with E-state index < -0.39 is 0 Å². The predicted octanol–water partition coefficient (Wildman–Crippen LogP) is 0.829. The van der Waals surface area contributed by atoms with Gasteiger partial charge in [-0.25, -0.2) is 0 Å². The molecule has 0 aromatic rings. The third kappa shape index (κ3) is 7.38. The van der Waals surface area contributed by atoms with Gasteiger partial charge in [-0.3, -0.25) is 9.59 Å². The zero-order valence-corrected chi connectivity index (χ0v) is 12.6. The van der Waals surface area contributed by atoms with Gasteiger partial charge in [-0.05, 0) is 26.8 Å². The minimum Gasteiger partial charge on any atom is -0.353 e. The van der Waals surface area contributed by atoms with E-state index in [0.29, 0.717) is 6.54 Å². The van der Waals surface area contributed by atoms with Crippen LogP contribution in [0.5, 0.6) is 0 Å². The van der Waals surface area contributed by atoms with Crippen LogP contribution >= 0.6 is 12.4 Å². The predicted molar refractivity (Wildman–Crippen MR) is 78.4 cm³/mol. The van der Waals surface area contributed by atoms with Crippen molar-refractivity contribution < 1.29 is 9.59 Å². The molecule has 2 amide bonds. The lowest BCUT2D eigenvalue weighted by atomic mass is 9.89. The van der Waals surface area contributed by atoms with Crippen LogP contribution in [0.1, 0.15) is 39.0 Å². The van der Waals surface area contributed by atoms with Gasteiger partial charge in [0.15, 0.2) is 0 Å². The second kappa shape index (κ2) is 10.0. The molecule has 1 atom stereocenters. The molecule has 0 saturated heterocycles. The van der Waals surface area contributed by atoms with Crippen LogP contribution in [-0.2, 0) is 9.59 Å². The SMILES string of the molecule is CNC(C)CNC(=O)CNC(=O)C1CCCCC1.Cl. The summed E-state index contributed by atoms with van der Waals surface area (Å²) >= 11 is 0. The summed E-state index contributed by atoms with van der Waals surface area (Å²) in [7, 11) is 1.85. The van der Waals surface area contributed by atoms with E-state index in [2.05, 4.69) is 16.0 Å². The average molecular weight is 292 g/mol. The number of likely N-dealkylation sites (N-methyl/N-ethyl adjacent to an activating group) is 1. The van der Waals surface area contributed by atoms with Gasteiger partial charge in [0.05, 0.1) is 6.54 Å². The van der Waals surface area contributed by atoms with Crippen molar-refractivity contribution in [1.29, 1.82) is 0 Å². The maximum Gasteiger partial charge on any atom is 0.239 e. The van der Waals surface area contributed by atoms with E-state index in [9.17, 15) is 9.59 Å².